The molecule has 0 bridgehead atoms. The van der Waals surface area contributed by atoms with Gasteiger partial charge >= 0.3 is 0 Å². The van der Waals surface area contributed by atoms with E-state index in [9.17, 15) is 5.11 Å². The summed E-state index contributed by atoms with van der Waals surface area (Å²) >= 11 is 0. The fourth-order valence-electron chi connectivity index (χ4n) is 3.16. The summed E-state index contributed by atoms with van der Waals surface area (Å²) in [6.07, 6.45) is 4.87. The molecule has 0 amide bonds. The molecule has 2 rings (SSSR count). The van der Waals surface area contributed by atoms with Crippen molar-refractivity contribution in [3.05, 3.63) is 0 Å². The van der Waals surface area contributed by atoms with Gasteiger partial charge in [0.05, 0.1) is 6.61 Å². The first-order chi connectivity index (χ1) is 7.28. The summed E-state index contributed by atoms with van der Waals surface area (Å²) in [5, 5.41) is 13.0. The van der Waals surface area contributed by atoms with Crippen molar-refractivity contribution in [2.24, 2.45) is 5.92 Å². The van der Waals surface area contributed by atoms with Gasteiger partial charge in [-0.05, 0) is 51.2 Å². The molecule has 0 aliphatic carbocycles. The van der Waals surface area contributed by atoms with Crippen LogP contribution in [0.4, 0.5) is 0 Å². The van der Waals surface area contributed by atoms with Crippen molar-refractivity contribution >= 4 is 0 Å². The van der Waals surface area contributed by atoms with E-state index in [4.69, 9.17) is 0 Å². The molecule has 2 N–H and O–H groups in total. The summed E-state index contributed by atoms with van der Waals surface area (Å²) in [7, 11) is 0. The van der Waals surface area contributed by atoms with Gasteiger partial charge in [-0.1, -0.05) is 6.92 Å². The summed E-state index contributed by atoms with van der Waals surface area (Å²) in [5.74, 6) is 0.794. The molecule has 15 heavy (non-hydrogen) atoms. The van der Waals surface area contributed by atoms with Gasteiger partial charge in [-0.2, -0.15) is 0 Å². The number of rotatable bonds is 4. The molecule has 0 spiro atoms. The molecule has 0 aromatic heterocycles. The van der Waals surface area contributed by atoms with Crippen LogP contribution in [0.2, 0.25) is 0 Å². The Labute approximate surface area is 92.8 Å². The van der Waals surface area contributed by atoms with Crippen molar-refractivity contribution in [1.29, 1.82) is 0 Å². The monoisotopic (exact) mass is 212 g/mol. The molecule has 0 saturated carbocycles. The van der Waals surface area contributed by atoms with E-state index in [1.807, 2.05) is 0 Å². The van der Waals surface area contributed by atoms with Gasteiger partial charge in [0.25, 0.3) is 0 Å². The van der Waals surface area contributed by atoms with E-state index in [1.54, 1.807) is 0 Å². The molecule has 0 aromatic rings. The second-order valence-corrected chi connectivity index (χ2v) is 5.22. The van der Waals surface area contributed by atoms with Crippen LogP contribution in [0.15, 0.2) is 0 Å². The van der Waals surface area contributed by atoms with Gasteiger partial charge in [-0.3, -0.25) is 0 Å². The van der Waals surface area contributed by atoms with E-state index >= 15 is 0 Å². The minimum Gasteiger partial charge on any atom is -0.394 e. The Morgan fingerprint density at radius 1 is 1.53 bits per heavy atom. The largest absolute Gasteiger partial charge is 0.394 e. The molecule has 2 heterocycles. The Balaban J connectivity index is 1.85. The quantitative estimate of drug-likeness (QED) is 0.724. The Morgan fingerprint density at radius 2 is 2.40 bits per heavy atom. The molecule has 2 aliphatic rings. The fraction of sp³-hybridized carbons (Fsp3) is 1.00. The Morgan fingerprint density at radius 3 is 2.93 bits per heavy atom. The summed E-state index contributed by atoms with van der Waals surface area (Å²) in [4.78, 5) is 2.52. The summed E-state index contributed by atoms with van der Waals surface area (Å²) in [6, 6.07) is 0. The second-order valence-electron chi connectivity index (χ2n) is 5.22. The van der Waals surface area contributed by atoms with Crippen molar-refractivity contribution in [2.45, 2.75) is 38.1 Å². The average molecular weight is 212 g/mol. The number of nitrogens with zero attached hydrogens (tertiary/aromatic N) is 1. The molecule has 3 nitrogen and oxygen atoms in total. The SMILES string of the molecule is CCN1CCC(CC2(CO)CCCN2)C1. The van der Waals surface area contributed by atoms with E-state index < -0.39 is 0 Å². The van der Waals surface area contributed by atoms with E-state index in [2.05, 4.69) is 17.1 Å². The summed E-state index contributed by atoms with van der Waals surface area (Å²) in [6.45, 7) is 7.30. The van der Waals surface area contributed by atoms with Crippen LogP contribution in [-0.4, -0.2) is 48.3 Å². The predicted molar refractivity (Wildman–Crippen MR) is 61.9 cm³/mol. The Bertz CT molecular complexity index is 202. The van der Waals surface area contributed by atoms with Crippen molar-refractivity contribution < 1.29 is 5.11 Å². The van der Waals surface area contributed by atoms with Crippen molar-refractivity contribution in [3.8, 4) is 0 Å². The predicted octanol–water partition coefficient (Wildman–Crippen LogP) is 0.833. The van der Waals surface area contributed by atoms with Gasteiger partial charge < -0.3 is 15.3 Å². The van der Waals surface area contributed by atoms with Gasteiger partial charge in [0, 0.05) is 12.1 Å². The lowest BCUT2D eigenvalue weighted by atomic mass is 9.86. The Kier molecular flexibility index (Phi) is 3.65. The van der Waals surface area contributed by atoms with Crippen molar-refractivity contribution in [3.63, 3.8) is 0 Å². The van der Waals surface area contributed by atoms with Crippen LogP contribution in [0.5, 0.6) is 0 Å². The van der Waals surface area contributed by atoms with Crippen LogP contribution in [0.1, 0.15) is 32.6 Å². The molecule has 3 heteroatoms. The van der Waals surface area contributed by atoms with Gasteiger partial charge in [-0.25, -0.2) is 0 Å². The third-order valence-electron chi connectivity index (χ3n) is 4.13. The first-order valence-electron chi connectivity index (χ1n) is 6.36. The fourth-order valence-corrected chi connectivity index (χ4v) is 3.16. The molecule has 0 radical (unpaired) electrons. The molecular formula is C12H24N2O. The lowest BCUT2D eigenvalue weighted by Crippen LogP contribution is -2.45. The second kappa shape index (κ2) is 4.81. The zero-order chi connectivity index (χ0) is 10.7. The third kappa shape index (κ3) is 2.52. The molecule has 88 valence electrons. The molecule has 2 atom stereocenters. The normalized spacial score (nSPS) is 37.6. The van der Waals surface area contributed by atoms with Crippen LogP contribution in [0.3, 0.4) is 0 Å². The highest BCUT2D eigenvalue weighted by molar-refractivity contribution is 4.95. The van der Waals surface area contributed by atoms with Gasteiger partial charge in [0.2, 0.25) is 0 Å². The standard InChI is InChI=1S/C12H24N2O/c1-2-14-7-4-11(9-14)8-12(10-15)5-3-6-13-12/h11,13,15H,2-10H2,1H3. The van der Waals surface area contributed by atoms with Gasteiger partial charge in [0.15, 0.2) is 0 Å². The highest BCUT2D eigenvalue weighted by Gasteiger charge is 2.36. The number of aliphatic hydroxyl groups excluding tert-OH is 1. The first-order valence-corrected chi connectivity index (χ1v) is 6.36. The maximum Gasteiger partial charge on any atom is 0.0613 e. The van der Waals surface area contributed by atoms with Crippen LogP contribution < -0.4 is 5.32 Å². The van der Waals surface area contributed by atoms with Crippen LogP contribution >= 0.6 is 0 Å². The molecule has 2 unspecified atom stereocenters. The average Bonchev–Trinajstić information content (AvgIpc) is 2.88. The number of aliphatic hydroxyl groups is 1. The van der Waals surface area contributed by atoms with Crippen LogP contribution in [0, 0.1) is 5.92 Å². The van der Waals surface area contributed by atoms with Crippen LogP contribution in [-0.2, 0) is 0 Å². The maximum absolute atomic E-state index is 9.52. The molecule has 2 aliphatic heterocycles. The number of nitrogens with one attached hydrogen (secondary N) is 1. The topological polar surface area (TPSA) is 35.5 Å². The zero-order valence-electron chi connectivity index (χ0n) is 9.84. The Hall–Kier alpha value is -0.120. The minimum atomic E-state index is 0.0639. The summed E-state index contributed by atoms with van der Waals surface area (Å²) in [5.41, 5.74) is 0.0639. The molecule has 0 aromatic carbocycles. The number of hydrogen-bond donors (Lipinski definition) is 2. The highest BCUT2D eigenvalue weighted by atomic mass is 16.3. The van der Waals surface area contributed by atoms with Gasteiger partial charge in [0.1, 0.15) is 0 Å². The van der Waals surface area contributed by atoms with E-state index in [1.165, 1.54) is 38.9 Å². The first kappa shape index (κ1) is 11.4. The van der Waals surface area contributed by atoms with Crippen molar-refractivity contribution in [1.82, 2.24) is 10.2 Å². The maximum atomic E-state index is 9.52. The number of likely N-dealkylation sites (tertiary alicyclic amines) is 1. The highest BCUT2D eigenvalue weighted by Crippen LogP contribution is 2.30. The minimum absolute atomic E-state index is 0.0639. The molecule has 2 saturated heterocycles. The number of hydrogen-bond acceptors (Lipinski definition) is 3. The molecular weight excluding hydrogens is 188 g/mol. The molecule has 2 fully saturated rings. The van der Waals surface area contributed by atoms with E-state index in [0.717, 1.165) is 18.9 Å². The van der Waals surface area contributed by atoms with Gasteiger partial charge in [-0.15, -0.1) is 0 Å². The lowest BCUT2D eigenvalue weighted by Gasteiger charge is -2.30. The van der Waals surface area contributed by atoms with Crippen molar-refractivity contribution in [2.75, 3.05) is 32.8 Å². The van der Waals surface area contributed by atoms with E-state index in [-0.39, 0.29) is 5.54 Å². The smallest absolute Gasteiger partial charge is 0.0613 e. The van der Waals surface area contributed by atoms with Crippen LogP contribution in [0.25, 0.3) is 0 Å². The summed E-state index contributed by atoms with van der Waals surface area (Å²) < 4.78 is 0. The third-order valence-corrected chi connectivity index (χ3v) is 4.13. The zero-order valence-corrected chi connectivity index (χ0v) is 9.84. The van der Waals surface area contributed by atoms with E-state index in [0.29, 0.717) is 6.61 Å². The lowest BCUT2D eigenvalue weighted by molar-refractivity contribution is 0.150.